The van der Waals surface area contributed by atoms with E-state index in [4.69, 9.17) is 0 Å². The van der Waals surface area contributed by atoms with Gasteiger partial charge in [-0.05, 0) is 25.7 Å². The Bertz CT molecular complexity index is 395. The summed E-state index contributed by atoms with van der Waals surface area (Å²) in [6.07, 6.45) is 17.0. The van der Waals surface area contributed by atoms with Crippen LogP contribution in [0.2, 0.25) is 0 Å². The second-order valence-corrected chi connectivity index (χ2v) is 9.53. The Morgan fingerprint density at radius 1 is 0.615 bits per heavy atom. The molecule has 0 rings (SSSR count). The molecule has 0 aromatic heterocycles. The highest BCUT2D eigenvalue weighted by atomic mass is 32.2. The van der Waals surface area contributed by atoms with E-state index in [0.717, 1.165) is 57.8 Å². The van der Waals surface area contributed by atoms with E-state index >= 15 is 0 Å². The molecule has 0 aromatic carbocycles. The third-order valence-corrected chi connectivity index (χ3v) is 6.55. The van der Waals surface area contributed by atoms with Gasteiger partial charge in [-0.2, -0.15) is 8.42 Å². The molecular weight excluding hydrogens is 348 g/mol. The van der Waals surface area contributed by atoms with Gasteiger partial charge < -0.3 is 5.11 Å². The first-order valence-corrected chi connectivity index (χ1v) is 12.6. The second kappa shape index (κ2) is 17.0. The van der Waals surface area contributed by atoms with E-state index < -0.39 is 15.4 Å². The van der Waals surface area contributed by atoms with Gasteiger partial charge in [0.25, 0.3) is 10.1 Å². The highest BCUT2D eigenvalue weighted by Crippen LogP contribution is 2.19. The molecule has 0 bridgehead atoms. The number of hydrogen-bond donors (Lipinski definition) is 2. The SMILES string of the molecule is CCCCCCCCCCC(CCCCCCC(O)CCC)S(=O)(=O)O. The number of unbranched alkanes of at least 4 members (excludes halogenated alkanes) is 10. The molecule has 26 heavy (non-hydrogen) atoms. The largest absolute Gasteiger partial charge is 0.393 e. The van der Waals surface area contributed by atoms with Crippen LogP contribution >= 0.6 is 0 Å². The van der Waals surface area contributed by atoms with Crippen molar-refractivity contribution in [1.82, 2.24) is 0 Å². The summed E-state index contributed by atoms with van der Waals surface area (Å²) in [5.41, 5.74) is 0. The predicted octanol–water partition coefficient (Wildman–Crippen LogP) is 6.28. The molecule has 0 aliphatic rings. The highest BCUT2D eigenvalue weighted by Gasteiger charge is 2.21. The fourth-order valence-electron chi connectivity index (χ4n) is 3.53. The number of aliphatic hydroxyl groups excluding tert-OH is 1. The lowest BCUT2D eigenvalue weighted by Crippen LogP contribution is -2.20. The Morgan fingerprint density at radius 3 is 1.46 bits per heavy atom. The third kappa shape index (κ3) is 16.1. The summed E-state index contributed by atoms with van der Waals surface area (Å²) in [4.78, 5) is 0. The molecule has 2 atom stereocenters. The van der Waals surface area contributed by atoms with Crippen molar-refractivity contribution >= 4 is 10.1 Å². The second-order valence-electron chi connectivity index (χ2n) is 7.83. The normalized spacial score (nSPS) is 14.5. The van der Waals surface area contributed by atoms with Gasteiger partial charge in [0.05, 0.1) is 11.4 Å². The molecule has 0 aliphatic heterocycles. The Labute approximate surface area is 162 Å². The molecule has 0 saturated carbocycles. The maximum atomic E-state index is 11.6. The van der Waals surface area contributed by atoms with Crippen LogP contribution in [-0.4, -0.2) is 29.4 Å². The first-order chi connectivity index (χ1) is 12.4. The standard InChI is InChI=1S/C21H44O4S/c1-3-5-6-7-8-9-10-14-18-21(26(23,24)25)19-15-12-11-13-17-20(22)16-4-2/h20-22H,3-19H2,1-2H3,(H,23,24,25). The first kappa shape index (κ1) is 25.9. The van der Waals surface area contributed by atoms with Crippen molar-refractivity contribution in [3.63, 3.8) is 0 Å². The van der Waals surface area contributed by atoms with E-state index in [1.54, 1.807) is 0 Å². The molecule has 2 unspecified atom stereocenters. The van der Waals surface area contributed by atoms with E-state index in [2.05, 4.69) is 13.8 Å². The fraction of sp³-hybridized carbons (Fsp3) is 1.00. The van der Waals surface area contributed by atoms with Crippen molar-refractivity contribution in [3.05, 3.63) is 0 Å². The number of hydrogen-bond acceptors (Lipinski definition) is 3. The Hall–Kier alpha value is -0.130. The summed E-state index contributed by atoms with van der Waals surface area (Å²) < 4.78 is 32.6. The number of aliphatic hydroxyl groups is 1. The summed E-state index contributed by atoms with van der Waals surface area (Å²) in [6, 6.07) is 0. The molecular formula is C21H44O4S. The topological polar surface area (TPSA) is 74.6 Å². The molecule has 0 aromatic rings. The van der Waals surface area contributed by atoms with Gasteiger partial charge in [0, 0.05) is 0 Å². The van der Waals surface area contributed by atoms with Crippen LogP contribution in [-0.2, 0) is 10.1 Å². The van der Waals surface area contributed by atoms with Crippen molar-refractivity contribution in [2.75, 3.05) is 0 Å². The Kier molecular flexibility index (Phi) is 16.9. The minimum absolute atomic E-state index is 0.187. The lowest BCUT2D eigenvalue weighted by molar-refractivity contribution is 0.150. The molecule has 5 heteroatoms. The molecule has 0 saturated heterocycles. The lowest BCUT2D eigenvalue weighted by atomic mass is 10.0. The van der Waals surface area contributed by atoms with E-state index in [-0.39, 0.29) is 6.10 Å². The molecule has 158 valence electrons. The van der Waals surface area contributed by atoms with Gasteiger partial charge in [-0.25, -0.2) is 0 Å². The Morgan fingerprint density at radius 2 is 1.04 bits per heavy atom. The average molecular weight is 393 g/mol. The van der Waals surface area contributed by atoms with Gasteiger partial charge in [0.1, 0.15) is 0 Å². The summed E-state index contributed by atoms with van der Waals surface area (Å²) >= 11 is 0. The van der Waals surface area contributed by atoms with Crippen LogP contribution in [0, 0.1) is 0 Å². The van der Waals surface area contributed by atoms with Gasteiger partial charge >= 0.3 is 0 Å². The van der Waals surface area contributed by atoms with E-state index in [1.165, 1.54) is 38.5 Å². The van der Waals surface area contributed by atoms with Crippen LogP contribution in [0.3, 0.4) is 0 Å². The van der Waals surface area contributed by atoms with Gasteiger partial charge in [-0.15, -0.1) is 0 Å². The van der Waals surface area contributed by atoms with E-state index in [1.807, 2.05) is 0 Å². The third-order valence-electron chi connectivity index (χ3n) is 5.24. The highest BCUT2D eigenvalue weighted by molar-refractivity contribution is 7.86. The minimum Gasteiger partial charge on any atom is -0.393 e. The monoisotopic (exact) mass is 392 g/mol. The molecule has 0 spiro atoms. The van der Waals surface area contributed by atoms with Crippen LogP contribution in [0.25, 0.3) is 0 Å². The van der Waals surface area contributed by atoms with Crippen LogP contribution in [0.4, 0.5) is 0 Å². The van der Waals surface area contributed by atoms with Crippen molar-refractivity contribution < 1.29 is 18.1 Å². The summed E-state index contributed by atoms with van der Waals surface area (Å²) in [6.45, 7) is 4.29. The van der Waals surface area contributed by atoms with Crippen LogP contribution in [0.1, 0.15) is 123 Å². The van der Waals surface area contributed by atoms with Crippen LogP contribution in [0.15, 0.2) is 0 Å². The fourth-order valence-corrected chi connectivity index (χ4v) is 4.46. The molecule has 0 fully saturated rings. The minimum atomic E-state index is -3.92. The molecule has 0 aliphatic carbocycles. The Balaban J connectivity index is 3.77. The van der Waals surface area contributed by atoms with E-state index in [9.17, 15) is 18.1 Å². The zero-order valence-corrected chi connectivity index (χ0v) is 18.1. The van der Waals surface area contributed by atoms with Gasteiger partial charge in [0.2, 0.25) is 0 Å². The zero-order chi connectivity index (χ0) is 19.7. The summed E-state index contributed by atoms with van der Waals surface area (Å²) in [5.74, 6) is 0. The molecule has 2 N–H and O–H groups in total. The molecule has 4 nitrogen and oxygen atoms in total. The molecule has 0 heterocycles. The maximum absolute atomic E-state index is 11.6. The van der Waals surface area contributed by atoms with Crippen molar-refractivity contribution in [2.45, 2.75) is 134 Å². The average Bonchev–Trinajstić information content (AvgIpc) is 2.57. The van der Waals surface area contributed by atoms with Crippen LogP contribution in [0.5, 0.6) is 0 Å². The molecule has 0 amide bonds. The first-order valence-electron chi connectivity index (χ1n) is 11.1. The summed E-state index contributed by atoms with van der Waals surface area (Å²) in [7, 11) is -3.92. The predicted molar refractivity (Wildman–Crippen MR) is 111 cm³/mol. The lowest BCUT2D eigenvalue weighted by Gasteiger charge is -2.14. The van der Waals surface area contributed by atoms with Gasteiger partial charge in [-0.3, -0.25) is 4.55 Å². The zero-order valence-electron chi connectivity index (χ0n) is 17.3. The van der Waals surface area contributed by atoms with Crippen LogP contribution < -0.4 is 0 Å². The smallest absolute Gasteiger partial charge is 0.267 e. The quantitative estimate of drug-likeness (QED) is 0.200. The number of rotatable bonds is 19. The van der Waals surface area contributed by atoms with Gasteiger partial charge in [-0.1, -0.05) is 97.3 Å². The van der Waals surface area contributed by atoms with Crippen molar-refractivity contribution in [1.29, 1.82) is 0 Å². The molecule has 0 radical (unpaired) electrons. The maximum Gasteiger partial charge on any atom is 0.267 e. The van der Waals surface area contributed by atoms with Crippen molar-refractivity contribution in [2.24, 2.45) is 0 Å². The van der Waals surface area contributed by atoms with E-state index in [0.29, 0.717) is 12.8 Å². The van der Waals surface area contributed by atoms with Crippen molar-refractivity contribution in [3.8, 4) is 0 Å². The summed E-state index contributed by atoms with van der Waals surface area (Å²) in [5, 5.41) is 9.10. The van der Waals surface area contributed by atoms with Gasteiger partial charge in [0.15, 0.2) is 0 Å².